The van der Waals surface area contributed by atoms with Crippen LogP contribution in [0.15, 0.2) is 24.3 Å². The van der Waals surface area contributed by atoms with E-state index in [0.717, 1.165) is 31.7 Å². The Kier molecular flexibility index (Phi) is 6.54. The van der Waals surface area contributed by atoms with Gasteiger partial charge < -0.3 is 15.4 Å². The number of rotatable bonds is 7. The molecule has 21 heavy (non-hydrogen) atoms. The van der Waals surface area contributed by atoms with Crippen molar-refractivity contribution < 1.29 is 9.53 Å². The number of benzene rings is 1. The second-order valence-corrected chi connectivity index (χ2v) is 5.70. The Bertz CT molecular complexity index is 425. The molecule has 1 atom stereocenters. The number of carbonyl (C=O) groups excluding carboxylic acids is 1. The van der Waals surface area contributed by atoms with Crippen molar-refractivity contribution >= 4 is 5.91 Å². The van der Waals surface area contributed by atoms with Gasteiger partial charge in [0.05, 0.1) is 7.11 Å². The van der Waals surface area contributed by atoms with E-state index < -0.39 is 0 Å². The lowest BCUT2D eigenvalue weighted by atomic mass is 9.94. The molecule has 0 spiro atoms. The van der Waals surface area contributed by atoms with E-state index in [4.69, 9.17) is 4.74 Å². The molecule has 1 fully saturated rings. The zero-order chi connectivity index (χ0) is 14.9. The Labute approximate surface area is 127 Å². The zero-order valence-electron chi connectivity index (χ0n) is 12.9. The standard InChI is InChI=1S/C17H26N2O2/c1-21-16-7-4-14(5-8-16)10-12-19-17(20)9-6-15-3-2-11-18-13-15/h4-5,7-8,15,18H,2-3,6,9-13H2,1H3,(H,19,20). The van der Waals surface area contributed by atoms with Gasteiger partial charge in [0.2, 0.25) is 5.91 Å². The predicted octanol–water partition coefficient (Wildman–Crippen LogP) is 2.13. The number of nitrogens with one attached hydrogen (secondary N) is 2. The van der Waals surface area contributed by atoms with Gasteiger partial charge in [0.1, 0.15) is 5.75 Å². The first kappa shape index (κ1) is 15.8. The first-order chi connectivity index (χ1) is 10.3. The lowest BCUT2D eigenvalue weighted by Crippen LogP contribution is -2.31. The highest BCUT2D eigenvalue weighted by atomic mass is 16.5. The molecule has 1 aromatic rings. The summed E-state index contributed by atoms with van der Waals surface area (Å²) >= 11 is 0. The quantitative estimate of drug-likeness (QED) is 0.809. The van der Waals surface area contributed by atoms with Gasteiger partial charge in [-0.2, -0.15) is 0 Å². The molecule has 1 aliphatic rings. The third kappa shape index (κ3) is 5.76. The van der Waals surface area contributed by atoms with Gasteiger partial charge in [0, 0.05) is 13.0 Å². The number of hydrogen-bond acceptors (Lipinski definition) is 3. The van der Waals surface area contributed by atoms with Crippen molar-refractivity contribution in [2.45, 2.75) is 32.1 Å². The predicted molar refractivity (Wildman–Crippen MR) is 84.5 cm³/mol. The van der Waals surface area contributed by atoms with Crippen LogP contribution >= 0.6 is 0 Å². The van der Waals surface area contributed by atoms with Crippen LogP contribution in [0.5, 0.6) is 5.75 Å². The number of carbonyl (C=O) groups is 1. The number of methoxy groups -OCH3 is 1. The molecule has 2 rings (SSSR count). The monoisotopic (exact) mass is 290 g/mol. The van der Waals surface area contributed by atoms with E-state index >= 15 is 0 Å². The molecule has 2 N–H and O–H groups in total. The fourth-order valence-corrected chi connectivity index (χ4v) is 2.73. The number of ether oxygens (including phenoxy) is 1. The molecule has 1 aromatic carbocycles. The molecule has 0 saturated carbocycles. The Hall–Kier alpha value is -1.55. The van der Waals surface area contributed by atoms with E-state index in [2.05, 4.69) is 10.6 Å². The van der Waals surface area contributed by atoms with Crippen molar-refractivity contribution in [3.63, 3.8) is 0 Å². The molecule has 0 aromatic heterocycles. The van der Waals surface area contributed by atoms with Crippen molar-refractivity contribution in [3.8, 4) is 5.75 Å². The molecule has 1 aliphatic heterocycles. The van der Waals surface area contributed by atoms with Crippen molar-refractivity contribution in [3.05, 3.63) is 29.8 Å². The van der Waals surface area contributed by atoms with E-state index in [-0.39, 0.29) is 5.91 Å². The van der Waals surface area contributed by atoms with Crippen LogP contribution in [0.25, 0.3) is 0 Å². The van der Waals surface area contributed by atoms with Crippen LogP contribution in [0.4, 0.5) is 0 Å². The third-order valence-electron chi connectivity index (χ3n) is 4.07. The summed E-state index contributed by atoms with van der Waals surface area (Å²) in [5.41, 5.74) is 1.22. The van der Waals surface area contributed by atoms with E-state index in [9.17, 15) is 4.79 Å². The lowest BCUT2D eigenvalue weighted by molar-refractivity contribution is -0.121. The highest BCUT2D eigenvalue weighted by Gasteiger charge is 2.14. The van der Waals surface area contributed by atoms with Crippen LogP contribution in [0.1, 0.15) is 31.2 Å². The molecule has 4 heteroatoms. The largest absolute Gasteiger partial charge is 0.497 e. The maximum absolute atomic E-state index is 11.8. The number of amides is 1. The Morgan fingerprint density at radius 2 is 2.19 bits per heavy atom. The molecule has 1 amide bonds. The molecule has 116 valence electrons. The van der Waals surface area contributed by atoms with E-state index in [1.807, 2.05) is 24.3 Å². The number of piperidine rings is 1. The van der Waals surface area contributed by atoms with Crippen LogP contribution in [-0.4, -0.2) is 32.7 Å². The van der Waals surface area contributed by atoms with Crippen molar-refractivity contribution in [2.75, 3.05) is 26.7 Å². The summed E-state index contributed by atoms with van der Waals surface area (Å²) in [7, 11) is 1.66. The average molecular weight is 290 g/mol. The van der Waals surface area contributed by atoms with Gasteiger partial charge in [0.15, 0.2) is 0 Å². The van der Waals surface area contributed by atoms with E-state index in [1.54, 1.807) is 7.11 Å². The van der Waals surface area contributed by atoms with Gasteiger partial charge in [-0.25, -0.2) is 0 Å². The molecular formula is C17H26N2O2. The number of hydrogen-bond donors (Lipinski definition) is 2. The summed E-state index contributed by atoms with van der Waals surface area (Å²) in [5, 5.41) is 6.40. The molecule has 1 heterocycles. The maximum Gasteiger partial charge on any atom is 0.220 e. The molecule has 0 aliphatic carbocycles. The molecule has 0 radical (unpaired) electrons. The fraction of sp³-hybridized carbons (Fsp3) is 0.588. The highest BCUT2D eigenvalue weighted by molar-refractivity contribution is 5.75. The minimum absolute atomic E-state index is 0.175. The van der Waals surface area contributed by atoms with Crippen LogP contribution in [-0.2, 0) is 11.2 Å². The van der Waals surface area contributed by atoms with Crippen LogP contribution in [0.3, 0.4) is 0 Å². The van der Waals surface area contributed by atoms with Crippen molar-refractivity contribution in [2.24, 2.45) is 5.92 Å². The topological polar surface area (TPSA) is 50.4 Å². The van der Waals surface area contributed by atoms with Gasteiger partial charge >= 0.3 is 0 Å². The summed E-state index contributed by atoms with van der Waals surface area (Å²) < 4.78 is 5.13. The Balaban J connectivity index is 1.59. The second-order valence-electron chi connectivity index (χ2n) is 5.70. The summed E-state index contributed by atoms with van der Waals surface area (Å²) in [4.78, 5) is 11.8. The van der Waals surface area contributed by atoms with Gasteiger partial charge in [-0.05, 0) is 62.4 Å². The van der Waals surface area contributed by atoms with Crippen molar-refractivity contribution in [1.82, 2.24) is 10.6 Å². The van der Waals surface area contributed by atoms with E-state index in [1.165, 1.54) is 18.4 Å². The van der Waals surface area contributed by atoms with Crippen molar-refractivity contribution in [1.29, 1.82) is 0 Å². The fourth-order valence-electron chi connectivity index (χ4n) is 2.73. The minimum Gasteiger partial charge on any atom is -0.497 e. The first-order valence-corrected chi connectivity index (χ1v) is 7.88. The Morgan fingerprint density at radius 1 is 1.38 bits per heavy atom. The van der Waals surface area contributed by atoms with Gasteiger partial charge in [0.25, 0.3) is 0 Å². The average Bonchev–Trinajstić information content (AvgIpc) is 2.54. The van der Waals surface area contributed by atoms with Crippen LogP contribution in [0.2, 0.25) is 0 Å². The molecule has 0 bridgehead atoms. The summed E-state index contributed by atoms with van der Waals surface area (Å²) in [6.45, 7) is 2.90. The molecular weight excluding hydrogens is 264 g/mol. The normalized spacial score (nSPS) is 18.2. The van der Waals surface area contributed by atoms with Gasteiger partial charge in [-0.3, -0.25) is 4.79 Å². The highest BCUT2D eigenvalue weighted by Crippen LogP contribution is 2.15. The molecule has 1 unspecified atom stereocenters. The van der Waals surface area contributed by atoms with Crippen LogP contribution < -0.4 is 15.4 Å². The van der Waals surface area contributed by atoms with E-state index in [0.29, 0.717) is 18.9 Å². The third-order valence-corrected chi connectivity index (χ3v) is 4.07. The summed E-state index contributed by atoms with van der Waals surface area (Å²) in [5.74, 6) is 1.71. The van der Waals surface area contributed by atoms with Crippen LogP contribution in [0, 0.1) is 5.92 Å². The zero-order valence-corrected chi connectivity index (χ0v) is 12.9. The summed E-state index contributed by atoms with van der Waals surface area (Å²) in [6.07, 6.45) is 5.01. The SMILES string of the molecule is COc1ccc(CCNC(=O)CCC2CCCNC2)cc1. The molecule has 1 saturated heterocycles. The Morgan fingerprint density at radius 3 is 2.86 bits per heavy atom. The minimum atomic E-state index is 0.175. The smallest absolute Gasteiger partial charge is 0.220 e. The molecule has 4 nitrogen and oxygen atoms in total. The summed E-state index contributed by atoms with van der Waals surface area (Å²) in [6, 6.07) is 7.98. The van der Waals surface area contributed by atoms with Gasteiger partial charge in [-0.1, -0.05) is 12.1 Å². The van der Waals surface area contributed by atoms with Gasteiger partial charge in [-0.15, -0.1) is 0 Å². The second kappa shape index (κ2) is 8.67. The maximum atomic E-state index is 11.8. The first-order valence-electron chi connectivity index (χ1n) is 7.88. The lowest BCUT2D eigenvalue weighted by Gasteiger charge is -2.22.